The van der Waals surface area contributed by atoms with E-state index < -0.39 is 16.6 Å². The smallest absolute Gasteiger partial charge is 0.232 e. The van der Waals surface area contributed by atoms with Crippen LogP contribution in [0.5, 0.6) is 0 Å². The SMILES string of the molecule is CC(C)C(C)(C)[Si](C)(C)O[C@H](C)[C@H]1C(=O)N[C@@H]1O[Si](C)(C)C. The zero-order valence-corrected chi connectivity index (χ0v) is 18.0. The van der Waals surface area contributed by atoms with Crippen LogP contribution in [0.25, 0.3) is 0 Å². The highest BCUT2D eigenvalue weighted by molar-refractivity contribution is 6.74. The highest BCUT2D eigenvalue weighted by Gasteiger charge is 2.50. The van der Waals surface area contributed by atoms with E-state index in [1.807, 2.05) is 6.92 Å². The Morgan fingerprint density at radius 1 is 1.09 bits per heavy atom. The number of carbonyl (C=O) groups is 1. The Hall–Kier alpha value is -0.176. The van der Waals surface area contributed by atoms with E-state index in [-0.39, 0.29) is 29.2 Å². The number of carbonyl (C=O) groups excluding carboxylic acids is 1. The van der Waals surface area contributed by atoms with Crippen molar-refractivity contribution < 1.29 is 13.6 Å². The normalized spacial score (nSPS) is 25.0. The Kier molecular flexibility index (Phi) is 5.76. The van der Waals surface area contributed by atoms with Gasteiger partial charge in [-0.25, -0.2) is 0 Å². The molecule has 0 unspecified atom stereocenters. The van der Waals surface area contributed by atoms with Gasteiger partial charge >= 0.3 is 0 Å². The van der Waals surface area contributed by atoms with Crippen molar-refractivity contribution in [2.24, 2.45) is 11.8 Å². The largest absolute Gasteiger partial charge is 0.413 e. The van der Waals surface area contributed by atoms with Gasteiger partial charge in [-0.15, -0.1) is 0 Å². The van der Waals surface area contributed by atoms with Crippen LogP contribution in [-0.4, -0.2) is 34.9 Å². The fourth-order valence-corrected chi connectivity index (χ4v) is 6.43. The highest BCUT2D eigenvalue weighted by Crippen LogP contribution is 2.45. The molecule has 0 aromatic rings. The zero-order valence-electron chi connectivity index (χ0n) is 16.0. The summed E-state index contributed by atoms with van der Waals surface area (Å²) in [5, 5.41) is 3.04. The minimum absolute atomic E-state index is 0.0582. The molecule has 1 heterocycles. The molecule has 22 heavy (non-hydrogen) atoms. The molecular weight excluding hydrogens is 310 g/mol. The number of β-lactam (4-membered cyclic amide) rings is 1. The van der Waals surface area contributed by atoms with Crippen LogP contribution >= 0.6 is 0 Å². The second-order valence-corrected chi connectivity index (χ2v) is 17.9. The Morgan fingerprint density at radius 3 is 1.95 bits per heavy atom. The quantitative estimate of drug-likeness (QED) is 0.561. The third kappa shape index (κ3) is 4.21. The number of nitrogens with one attached hydrogen (secondary N) is 1. The van der Waals surface area contributed by atoms with Crippen molar-refractivity contribution in [2.45, 2.75) is 84.7 Å². The molecule has 0 spiro atoms. The van der Waals surface area contributed by atoms with Crippen molar-refractivity contribution >= 4 is 22.5 Å². The molecule has 0 aromatic heterocycles. The summed E-state index contributed by atoms with van der Waals surface area (Å²) >= 11 is 0. The summed E-state index contributed by atoms with van der Waals surface area (Å²) in [6, 6.07) is 0. The van der Waals surface area contributed by atoms with Crippen molar-refractivity contribution in [1.82, 2.24) is 5.32 Å². The summed E-state index contributed by atoms with van der Waals surface area (Å²) in [5.41, 5.74) is 0. The summed E-state index contributed by atoms with van der Waals surface area (Å²) < 4.78 is 12.6. The maximum Gasteiger partial charge on any atom is 0.232 e. The van der Waals surface area contributed by atoms with Gasteiger partial charge in [-0.3, -0.25) is 4.79 Å². The molecule has 1 rings (SSSR count). The molecular formula is C16H35NO3Si2. The Labute approximate surface area is 138 Å². The van der Waals surface area contributed by atoms with E-state index in [4.69, 9.17) is 8.85 Å². The van der Waals surface area contributed by atoms with E-state index in [2.05, 4.69) is 65.7 Å². The summed E-state index contributed by atoms with van der Waals surface area (Å²) in [4.78, 5) is 12.0. The van der Waals surface area contributed by atoms with Gasteiger partial charge in [0, 0.05) is 0 Å². The lowest BCUT2D eigenvalue weighted by Gasteiger charge is -2.48. The average molecular weight is 346 g/mol. The molecule has 0 bridgehead atoms. The van der Waals surface area contributed by atoms with Gasteiger partial charge in [-0.05, 0) is 50.6 Å². The van der Waals surface area contributed by atoms with Gasteiger partial charge in [0.25, 0.3) is 0 Å². The van der Waals surface area contributed by atoms with Crippen molar-refractivity contribution in [1.29, 1.82) is 0 Å². The minimum atomic E-state index is -1.94. The Morgan fingerprint density at radius 2 is 1.59 bits per heavy atom. The maximum atomic E-state index is 12.0. The average Bonchev–Trinajstić information content (AvgIpc) is 2.24. The van der Waals surface area contributed by atoms with E-state index in [1.165, 1.54) is 0 Å². The molecule has 0 aliphatic carbocycles. The van der Waals surface area contributed by atoms with Crippen molar-refractivity contribution in [3.63, 3.8) is 0 Å². The molecule has 3 atom stereocenters. The van der Waals surface area contributed by atoms with Gasteiger partial charge in [0.1, 0.15) is 12.1 Å². The summed E-state index contributed by atoms with van der Waals surface area (Å²) in [7, 11) is -3.62. The molecule has 0 aromatic carbocycles. The molecule has 1 aliphatic heterocycles. The lowest BCUT2D eigenvalue weighted by atomic mass is 9.94. The molecule has 1 aliphatic rings. The molecule has 6 heteroatoms. The first-order chi connectivity index (χ1) is 9.69. The number of rotatable bonds is 7. The third-order valence-corrected chi connectivity index (χ3v) is 11.0. The molecule has 1 N–H and O–H groups in total. The number of hydrogen-bond donors (Lipinski definition) is 1. The fraction of sp³-hybridized carbons (Fsp3) is 0.938. The zero-order chi connectivity index (χ0) is 17.5. The van der Waals surface area contributed by atoms with Crippen LogP contribution < -0.4 is 5.32 Å². The van der Waals surface area contributed by atoms with E-state index in [9.17, 15) is 4.79 Å². The van der Waals surface area contributed by atoms with E-state index >= 15 is 0 Å². The molecule has 0 radical (unpaired) electrons. The van der Waals surface area contributed by atoms with Crippen molar-refractivity contribution in [3.05, 3.63) is 0 Å². The van der Waals surface area contributed by atoms with E-state index in [1.54, 1.807) is 0 Å². The molecule has 4 nitrogen and oxygen atoms in total. The van der Waals surface area contributed by atoms with E-state index in [0.29, 0.717) is 5.92 Å². The summed E-state index contributed by atoms with van der Waals surface area (Å²) in [6.07, 6.45) is -0.282. The van der Waals surface area contributed by atoms with E-state index in [0.717, 1.165) is 0 Å². The Bertz CT molecular complexity index is 416. The first-order valence-corrected chi connectivity index (χ1v) is 14.7. The van der Waals surface area contributed by atoms with Gasteiger partial charge in [0.2, 0.25) is 5.91 Å². The predicted molar refractivity (Wildman–Crippen MR) is 96.8 cm³/mol. The lowest BCUT2D eigenvalue weighted by molar-refractivity contribution is -0.151. The second-order valence-electron chi connectivity index (χ2n) is 8.89. The van der Waals surface area contributed by atoms with Crippen LogP contribution in [0.15, 0.2) is 0 Å². The number of hydrogen-bond acceptors (Lipinski definition) is 3. The Balaban J connectivity index is 2.79. The van der Waals surface area contributed by atoms with Gasteiger partial charge in [-0.1, -0.05) is 27.7 Å². The van der Waals surface area contributed by atoms with Crippen LogP contribution in [0.2, 0.25) is 37.8 Å². The predicted octanol–water partition coefficient (Wildman–Crippen LogP) is 3.96. The van der Waals surface area contributed by atoms with Gasteiger partial charge in [0.05, 0.1) is 6.10 Å². The van der Waals surface area contributed by atoms with Gasteiger partial charge in [-0.2, -0.15) is 0 Å². The first-order valence-electron chi connectivity index (χ1n) is 8.35. The fourth-order valence-electron chi connectivity index (χ4n) is 2.70. The monoisotopic (exact) mass is 345 g/mol. The topological polar surface area (TPSA) is 47.6 Å². The second kappa shape index (κ2) is 6.38. The third-order valence-electron chi connectivity index (χ3n) is 5.38. The van der Waals surface area contributed by atoms with Crippen molar-refractivity contribution in [3.8, 4) is 0 Å². The van der Waals surface area contributed by atoms with Crippen LogP contribution in [-0.2, 0) is 13.6 Å². The van der Waals surface area contributed by atoms with Crippen LogP contribution in [0.3, 0.4) is 0 Å². The summed E-state index contributed by atoms with van der Waals surface area (Å²) in [5.74, 6) is 0.426. The van der Waals surface area contributed by atoms with Gasteiger partial charge in [0.15, 0.2) is 16.6 Å². The van der Waals surface area contributed by atoms with Crippen LogP contribution in [0.4, 0.5) is 0 Å². The lowest BCUT2D eigenvalue weighted by Crippen LogP contribution is -2.66. The minimum Gasteiger partial charge on any atom is -0.413 e. The molecule has 1 fully saturated rings. The molecule has 1 saturated heterocycles. The summed E-state index contributed by atoms with van der Waals surface area (Å²) in [6.45, 7) is 22.0. The maximum absolute atomic E-state index is 12.0. The highest BCUT2D eigenvalue weighted by atomic mass is 28.4. The number of amides is 1. The van der Waals surface area contributed by atoms with Crippen LogP contribution in [0, 0.1) is 11.8 Å². The van der Waals surface area contributed by atoms with Crippen LogP contribution in [0.1, 0.15) is 34.6 Å². The molecule has 0 saturated carbocycles. The standard InChI is InChI=1S/C16H35NO3Si2/c1-11(2)16(4,5)22(9,10)19-12(3)13-14(18)17-15(13)20-21(6,7)8/h11-13,15H,1-10H3,(H,17,18)/t12-,13+,15-/m1/s1. The first kappa shape index (κ1) is 19.9. The van der Waals surface area contributed by atoms with Gasteiger partial charge < -0.3 is 14.2 Å². The molecule has 130 valence electrons. The van der Waals surface area contributed by atoms with Crippen molar-refractivity contribution in [2.75, 3.05) is 0 Å². The molecule has 1 amide bonds.